The van der Waals surface area contributed by atoms with Crippen molar-refractivity contribution < 1.29 is 5.11 Å². The summed E-state index contributed by atoms with van der Waals surface area (Å²) in [6.45, 7) is 22.0. The SMILES string of the molecule is CC(C)(C)n1c(=O)n(C(C)(C)C)c(=O)n(C(C)(C)C)c1=O.Cc1ccc(O)c(C)c1C. The van der Waals surface area contributed by atoms with Crippen LogP contribution in [0, 0.1) is 20.8 Å². The highest BCUT2D eigenvalue weighted by molar-refractivity contribution is 5.41. The molecular weight excluding hydrogens is 394 g/mol. The summed E-state index contributed by atoms with van der Waals surface area (Å²) in [6.07, 6.45) is 0. The van der Waals surface area contributed by atoms with Gasteiger partial charge < -0.3 is 5.11 Å². The van der Waals surface area contributed by atoms with Crippen molar-refractivity contribution in [3.8, 4) is 5.75 Å². The summed E-state index contributed by atoms with van der Waals surface area (Å²) in [5, 5.41) is 9.22. The summed E-state index contributed by atoms with van der Waals surface area (Å²) in [5.74, 6) is 0.392. The Hall–Kier alpha value is -2.57. The van der Waals surface area contributed by atoms with Gasteiger partial charge in [-0.25, -0.2) is 28.1 Å². The molecule has 0 bridgehead atoms. The van der Waals surface area contributed by atoms with Gasteiger partial charge in [0.15, 0.2) is 0 Å². The van der Waals surface area contributed by atoms with Crippen LogP contribution in [-0.4, -0.2) is 18.8 Å². The van der Waals surface area contributed by atoms with Crippen LogP contribution >= 0.6 is 0 Å². The van der Waals surface area contributed by atoms with E-state index >= 15 is 0 Å². The van der Waals surface area contributed by atoms with Crippen molar-refractivity contribution in [2.45, 2.75) is 99.7 Å². The van der Waals surface area contributed by atoms with Gasteiger partial charge in [0, 0.05) is 16.6 Å². The normalized spacial score (nSPS) is 12.4. The van der Waals surface area contributed by atoms with Crippen LogP contribution in [0.2, 0.25) is 0 Å². The van der Waals surface area contributed by atoms with E-state index in [4.69, 9.17) is 0 Å². The van der Waals surface area contributed by atoms with Gasteiger partial charge in [0.25, 0.3) is 0 Å². The molecular formula is C24H39N3O4. The first-order chi connectivity index (χ1) is 13.7. The van der Waals surface area contributed by atoms with E-state index in [2.05, 4.69) is 0 Å². The number of hydrogen-bond donors (Lipinski definition) is 1. The number of rotatable bonds is 0. The van der Waals surface area contributed by atoms with Gasteiger partial charge in [0.1, 0.15) is 5.75 Å². The van der Waals surface area contributed by atoms with Gasteiger partial charge in [-0.1, -0.05) is 6.07 Å². The maximum atomic E-state index is 12.7. The first-order valence-corrected chi connectivity index (χ1v) is 10.5. The third kappa shape index (κ3) is 5.57. The van der Waals surface area contributed by atoms with Crippen molar-refractivity contribution in [3.05, 3.63) is 60.3 Å². The lowest BCUT2D eigenvalue weighted by molar-refractivity contribution is 0.240. The Labute approximate surface area is 185 Å². The molecule has 7 nitrogen and oxygen atoms in total. The zero-order valence-electron chi connectivity index (χ0n) is 21.2. The Morgan fingerprint density at radius 2 is 0.871 bits per heavy atom. The van der Waals surface area contributed by atoms with E-state index in [1.165, 1.54) is 11.1 Å². The van der Waals surface area contributed by atoms with Crippen molar-refractivity contribution in [1.29, 1.82) is 0 Å². The zero-order valence-corrected chi connectivity index (χ0v) is 21.2. The van der Waals surface area contributed by atoms with E-state index in [-0.39, 0.29) is 0 Å². The van der Waals surface area contributed by atoms with E-state index in [9.17, 15) is 19.5 Å². The van der Waals surface area contributed by atoms with Crippen LogP contribution < -0.4 is 17.1 Å². The quantitative estimate of drug-likeness (QED) is 0.685. The standard InChI is InChI=1S/C15H27N3O3.C9H12O/c1-13(2,3)16-10(19)17(14(4,5)6)12(21)18(11(16)20)15(7,8)9;1-6-4-5-9(10)8(3)7(6)2/h1-9H3;4-5,10H,1-3H3. The number of hydrogen-bond acceptors (Lipinski definition) is 4. The Morgan fingerprint density at radius 3 is 1.10 bits per heavy atom. The molecule has 2 aromatic rings. The van der Waals surface area contributed by atoms with Crippen molar-refractivity contribution in [2.75, 3.05) is 0 Å². The third-order valence-electron chi connectivity index (χ3n) is 5.19. The molecule has 0 fully saturated rings. The number of aromatic hydroxyl groups is 1. The fourth-order valence-corrected chi connectivity index (χ4v) is 3.21. The minimum atomic E-state index is -0.706. The predicted octanol–water partition coefficient (Wildman–Crippen LogP) is 3.75. The summed E-state index contributed by atoms with van der Waals surface area (Å²) in [7, 11) is 0. The van der Waals surface area contributed by atoms with Crippen molar-refractivity contribution in [1.82, 2.24) is 13.7 Å². The summed E-state index contributed by atoms with van der Waals surface area (Å²) >= 11 is 0. The molecule has 1 heterocycles. The molecule has 0 radical (unpaired) electrons. The topological polar surface area (TPSA) is 86.2 Å². The fourth-order valence-electron chi connectivity index (χ4n) is 3.21. The molecule has 7 heteroatoms. The predicted molar refractivity (Wildman–Crippen MR) is 127 cm³/mol. The Bertz CT molecular complexity index is 971. The van der Waals surface area contributed by atoms with Gasteiger partial charge in [-0.15, -0.1) is 0 Å². The van der Waals surface area contributed by atoms with Gasteiger partial charge in [-0.05, 0) is 106 Å². The highest BCUT2D eigenvalue weighted by Gasteiger charge is 2.31. The van der Waals surface area contributed by atoms with Crippen LogP contribution in [-0.2, 0) is 16.6 Å². The molecule has 0 aliphatic heterocycles. The molecule has 0 saturated carbocycles. The van der Waals surface area contributed by atoms with Crippen molar-refractivity contribution in [2.24, 2.45) is 0 Å². The summed E-state index contributed by atoms with van der Waals surface area (Å²) in [4.78, 5) is 38.1. The molecule has 31 heavy (non-hydrogen) atoms. The summed E-state index contributed by atoms with van der Waals surface area (Å²) < 4.78 is 3.47. The molecule has 1 N–H and O–H groups in total. The maximum absolute atomic E-state index is 12.7. The molecule has 0 aliphatic carbocycles. The lowest BCUT2D eigenvalue weighted by Gasteiger charge is -2.31. The van der Waals surface area contributed by atoms with E-state index < -0.39 is 33.7 Å². The highest BCUT2D eigenvalue weighted by Crippen LogP contribution is 2.21. The lowest BCUT2D eigenvalue weighted by atomic mass is 10.0. The third-order valence-corrected chi connectivity index (χ3v) is 5.19. The Kier molecular flexibility index (Phi) is 7.27. The summed E-state index contributed by atoms with van der Waals surface area (Å²) in [6, 6.07) is 3.66. The molecule has 0 aliphatic rings. The monoisotopic (exact) mass is 433 g/mol. The fraction of sp³-hybridized carbons (Fsp3) is 0.625. The Morgan fingerprint density at radius 1 is 0.581 bits per heavy atom. The second kappa shape index (κ2) is 8.52. The highest BCUT2D eigenvalue weighted by atomic mass is 16.3. The number of aryl methyl sites for hydroxylation is 1. The summed E-state index contributed by atoms with van der Waals surface area (Å²) in [5.41, 5.74) is -0.414. The molecule has 0 atom stereocenters. The van der Waals surface area contributed by atoms with Crippen LogP contribution in [0.1, 0.15) is 79.0 Å². The number of aromatic nitrogens is 3. The van der Waals surface area contributed by atoms with E-state index in [1.807, 2.05) is 26.8 Å². The Balaban J connectivity index is 0.000000399. The van der Waals surface area contributed by atoms with Crippen LogP contribution in [0.15, 0.2) is 26.5 Å². The molecule has 0 unspecified atom stereocenters. The van der Waals surface area contributed by atoms with E-state index in [1.54, 1.807) is 68.4 Å². The van der Waals surface area contributed by atoms with Gasteiger partial charge in [-0.2, -0.15) is 0 Å². The number of nitrogens with zero attached hydrogens (tertiary/aromatic N) is 3. The first kappa shape index (κ1) is 26.5. The van der Waals surface area contributed by atoms with Crippen molar-refractivity contribution >= 4 is 0 Å². The lowest BCUT2D eigenvalue weighted by Crippen LogP contribution is -2.63. The van der Waals surface area contributed by atoms with Crippen LogP contribution in [0.25, 0.3) is 0 Å². The average Bonchev–Trinajstić information content (AvgIpc) is 2.52. The number of phenolic OH excluding ortho intramolecular Hbond substituents is 1. The van der Waals surface area contributed by atoms with Gasteiger partial charge in [-0.3, -0.25) is 0 Å². The minimum absolute atomic E-state index is 0.392. The molecule has 174 valence electrons. The molecule has 1 aromatic heterocycles. The first-order valence-electron chi connectivity index (χ1n) is 10.5. The van der Waals surface area contributed by atoms with Crippen LogP contribution in [0.4, 0.5) is 0 Å². The molecule has 0 amide bonds. The zero-order chi connectivity index (χ0) is 24.7. The minimum Gasteiger partial charge on any atom is -0.508 e. The van der Waals surface area contributed by atoms with Crippen molar-refractivity contribution in [3.63, 3.8) is 0 Å². The van der Waals surface area contributed by atoms with Crippen LogP contribution in [0.5, 0.6) is 5.75 Å². The molecule has 0 spiro atoms. The van der Waals surface area contributed by atoms with E-state index in [0.29, 0.717) is 5.75 Å². The number of phenols is 1. The molecule has 2 rings (SSSR count). The second-order valence-corrected chi connectivity index (χ2v) is 11.0. The van der Waals surface area contributed by atoms with Gasteiger partial charge in [0.2, 0.25) is 0 Å². The number of benzene rings is 1. The smallest absolute Gasteiger partial charge is 0.337 e. The molecule has 0 saturated heterocycles. The van der Waals surface area contributed by atoms with Crippen LogP contribution in [0.3, 0.4) is 0 Å². The largest absolute Gasteiger partial charge is 0.508 e. The second-order valence-electron chi connectivity index (χ2n) is 11.0. The van der Waals surface area contributed by atoms with Gasteiger partial charge >= 0.3 is 17.1 Å². The molecule has 1 aromatic carbocycles. The van der Waals surface area contributed by atoms with Gasteiger partial charge in [0.05, 0.1) is 0 Å². The average molecular weight is 434 g/mol. The van der Waals surface area contributed by atoms with E-state index in [0.717, 1.165) is 19.3 Å². The maximum Gasteiger partial charge on any atom is 0.337 e.